The first kappa shape index (κ1) is 20.2. The Labute approximate surface area is 56.4 Å². The predicted molar refractivity (Wildman–Crippen MR) is 6.67 cm³/mol. The third-order valence-corrected chi connectivity index (χ3v) is 0. The van der Waals surface area contributed by atoms with E-state index in [1.807, 2.05) is 0 Å². The summed E-state index contributed by atoms with van der Waals surface area (Å²) in [5.74, 6) is 0. The number of hydrogen-bond donors (Lipinski definition) is 0. The first-order valence-electron chi connectivity index (χ1n) is 0.258. The average Bonchev–Trinajstić information content (AvgIpc) is 1.00. The van der Waals surface area contributed by atoms with E-state index in [-0.39, 0.29) is 44.8 Å². The first-order valence-corrected chi connectivity index (χ1v) is 0.258. The van der Waals surface area contributed by atoms with Gasteiger partial charge < -0.3 is 0 Å². The van der Waals surface area contributed by atoms with E-state index in [0.717, 1.165) is 0 Å². The summed E-state index contributed by atoms with van der Waals surface area (Å²) in [6, 6.07) is 0. The van der Waals surface area contributed by atoms with E-state index in [1.54, 1.807) is 0 Å². The van der Waals surface area contributed by atoms with Crippen molar-refractivity contribution in [3.8, 4) is 6.57 Å². The monoisotopic (exact) mass is 331 g/mol. The second-order valence-electron chi connectivity index (χ2n) is 0. The molecule has 0 aromatic rings. The molecule has 0 heterocycles. The SMILES string of the molecule is C#N.[Ag].[Au]. The molecule has 0 aromatic heterocycles. The van der Waals surface area contributed by atoms with Gasteiger partial charge in [0.2, 0.25) is 0 Å². The molecule has 0 aliphatic carbocycles. The summed E-state index contributed by atoms with van der Waals surface area (Å²) in [6.45, 7) is 3.50. The Kier molecular flexibility index (Phi) is 188. The molecular weight excluding hydrogens is 331 g/mol. The standard InChI is InChI=1S/CHN.Ag.Au/c1-2;;/h1H;;. The van der Waals surface area contributed by atoms with Gasteiger partial charge in [0.05, 0.1) is 0 Å². The minimum absolute atomic E-state index is 0. The van der Waals surface area contributed by atoms with Crippen LogP contribution >= 0.6 is 0 Å². The molecule has 0 aliphatic rings. The maximum atomic E-state index is 6.50. The van der Waals surface area contributed by atoms with Crippen LogP contribution in [-0.4, -0.2) is 0 Å². The van der Waals surface area contributed by atoms with E-state index < -0.39 is 0 Å². The quantitative estimate of drug-likeness (QED) is 0.579. The number of nitriles is 1. The van der Waals surface area contributed by atoms with E-state index in [9.17, 15) is 0 Å². The van der Waals surface area contributed by atoms with Crippen molar-refractivity contribution < 1.29 is 44.8 Å². The molecule has 0 rings (SSSR count). The van der Waals surface area contributed by atoms with Crippen molar-refractivity contribution in [2.45, 2.75) is 0 Å². The van der Waals surface area contributed by atoms with E-state index in [4.69, 9.17) is 5.26 Å². The topological polar surface area (TPSA) is 23.8 Å². The molecule has 0 aliphatic heterocycles. The van der Waals surface area contributed by atoms with Crippen LogP contribution in [0.3, 0.4) is 0 Å². The minimum atomic E-state index is 0. The van der Waals surface area contributed by atoms with Gasteiger partial charge in [-0.15, -0.1) is 0 Å². The summed E-state index contributed by atoms with van der Waals surface area (Å²) >= 11 is 0. The van der Waals surface area contributed by atoms with Gasteiger partial charge in [0.1, 0.15) is 0 Å². The van der Waals surface area contributed by atoms with Crippen LogP contribution in [0.4, 0.5) is 0 Å². The smallest absolute Gasteiger partial charge is 0.0462 e. The van der Waals surface area contributed by atoms with Gasteiger partial charge in [-0.1, -0.05) is 0 Å². The number of nitrogens with zero attached hydrogens (tertiary/aromatic N) is 1. The Bertz CT molecular complexity index is 12.8. The van der Waals surface area contributed by atoms with Crippen molar-refractivity contribution in [3.63, 3.8) is 0 Å². The summed E-state index contributed by atoms with van der Waals surface area (Å²) in [5.41, 5.74) is 0. The van der Waals surface area contributed by atoms with Crippen molar-refractivity contribution in [2.75, 3.05) is 0 Å². The number of hydrogen-bond acceptors (Lipinski definition) is 1. The maximum Gasteiger partial charge on any atom is 0.0462 e. The molecular formula is CHAgAuN. The van der Waals surface area contributed by atoms with Crippen LogP contribution in [0.15, 0.2) is 0 Å². The maximum absolute atomic E-state index is 6.50. The molecule has 0 aromatic carbocycles. The molecule has 1 nitrogen and oxygen atoms in total. The zero-order valence-corrected chi connectivity index (χ0v) is 5.28. The summed E-state index contributed by atoms with van der Waals surface area (Å²) < 4.78 is 0. The minimum Gasteiger partial charge on any atom is -0.202 e. The van der Waals surface area contributed by atoms with Crippen LogP contribution in [0, 0.1) is 11.8 Å². The van der Waals surface area contributed by atoms with Crippen molar-refractivity contribution in [1.29, 1.82) is 5.26 Å². The molecule has 0 bridgehead atoms. The molecule has 2 radical (unpaired) electrons. The summed E-state index contributed by atoms with van der Waals surface area (Å²) in [6.07, 6.45) is 0. The molecule has 0 saturated carbocycles. The van der Waals surface area contributed by atoms with Crippen molar-refractivity contribution in [2.24, 2.45) is 0 Å². The predicted octanol–water partition coefficient (Wildman–Crippen LogP) is 0.135. The molecule has 32 valence electrons. The Balaban J connectivity index is -0.00000000500. The zero-order valence-electron chi connectivity index (χ0n) is 1.63. The average molecular weight is 332 g/mol. The van der Waals surface area contributed by atoms with E-state index >= 15 is 0 Å². The molecule has 0 N–H and O–H groups in total. The fraction of sp³-hybridized carbons (Fsp3) is 0. The Morgan fingerprint density at radius 1 is 1.25 bits per heavy atom. The largest absolute Gasteiger partial charge is 0.202 e. The van der Waals surface area contributed by atoms with Gasteiger partial charge >= 0.3 is 0 Å². The van der Waals surface area contributed by atoms with Crippen molar-refractivity contribution in [3.05, 3.63) is 0 Å². The third kappa shape index (κ3) is 12.2. The normalized spacial score (nSPS) is 0.500. The number of rotatable bonds is 0. The van der Waals surface area contributed by atoms with E-state index in [1.165, 1.54) is 0 Å². The fourth-order valence-electron chi connectivity index (χ4n) is 0. The van der Waals surface area contributed by atoms with Gasteiger partial charge in [0.25, 0.3) is 0 Å². The third-order valence-electron chi connectivity index (χ3n) is 0. The van der Waals surface area contributed by atoms with Crippen LogP contribution in [0.2, 0.25) is 0 Å². The van der Waals surface area contributed by atoms with Crippen LogP contribution < -0.4 is 0 Å². The van der Waals surface area contributed by atoms with Gasteiger partial charge in [-0.3, -0.25) is 0 Å². The Hall–Kier alpha value is 0.971. The molecule has 0 amide bonds. The molecule has 0 spiro atoms. The van der Waals surface area contributed by atoms with Gasteiger partial charge in [0, 0.05) is 51.3 Å². The van der Waals surface area contributed by atoms with Gasteiger partial charge in [-0.2, -0.15) is 0 Å². The van der Waals surface area contributed by atoms with E-state index in [2.05, 4.69) is 6.57 Å². The summed E-state index contributed by atoms with van der Waals surface area (Å²) in [5, 5.41) is 6.50. The Morgan fingerprint density at radius 3 is 1.25 bits per heavy atom. The van der Waals surface area contributed by atoms with Gasteiger partial charge in [0.15, 0.2) is 0 Å². The first-order chi connectivity index (χ1) is 1.00. The van der Waals surface area contributed by atoms with Crippen LogP contribution in [0.5, 0.6) is 0 Å². The molecule has 3 heteroatoms. The second kappa shape index (κ2) is 37.2. The van der Waals surface area contributed by atoms with Gasteiger partial charge in [-0.25, -0.2) is 5.26 Å². The molecule has 0 fully saturated rings. The van der Waals surface area contributed by atoms with Crippen LogP contribution in [0.1, 0.15) is 0 Å². The van der Waals surface area contributed by atoms with Gasteiger partial charge in [-0.05, 0) is 0 Å². The molecule has 0 atom stereocenters. The molecule has 4 heavy (non-hydrogen) atoms. The van der Waals surface area contributed by atoms with Crippen molar-refractivity contribution in [1.82, 2.24) is 0 Å². The molecule has 0 saturated heterocycles. The van der Waals surface area contributed by atoms with E-state index in [0.29, 0.717) is 0 Å². The second-order valence-corrected chi connectivity index (χ2v) is 0. The fourth-order valence-corrected chi connectivity index (χ4v) is 0. The van der Waals surface area contributed by atoms with Crippen LogP contribution in [-0.2, 0) is 44.8 Å². The molecule has 0 unspecified atom stereocenters. The summed E-state index contributed by atoms with van der Waals surface area (Å²) in [7, 11) is 0. The van der Waals surface area contributed by atoms with Crippen LogP contribution in [0.25, 0.3) is 0 Å². The Morgan fingerprint density at radius 2 is 1.25 bits per heavy atom. The van der Waals surface area contributed by atoms with Crippen molar-refractivity contribution >= 4 is 0 Å². The summed E-state index contributed by atoms with van der Waals surface area (Å²) in [4.78, 5) is 0. The zero-order chi connectivity index (χ0) is 2.00.